The normalized spacial score (nSPS) is 17.9. The average molecular weight is 488 g/mol. The monoisotopic (exact) mass is 487 g/mol. The zero-order valence-electron chi connectivity index (χ0n) is 19.1. The number of carbonyl (C=O) groups is 2. The van der Waals surface area contributed by atoms with Crippen LogP contribution in [0.4, 0.5) is 5.69 Å². The SMILES string of the molecule is O=C(NCc1ccc(CN2CCc3ccccc32)cc1)c1ccc2c(c1)S(=O)(=O)N(C1CC1)C2=O. The molecule has 3 aromatic carbocycles. The summed E-state index contributed by atoms with van der Waals surface area (Å²) in [5.41, 5.74) is 5.20. The molecule has 35 heavy (non-hydrogen) atoms. The van der Waals surface area contributed by atoms with Crippen LogP contribution in [0.3, 0.4) is 0 Å². The minimum Gasteiger partial charge on any atom is -0.367 e. The molecule has 0 spiro atoms. The van der Waals surface area contributed by atoms with Gasteiger partial charge in [-0.05, 0) is 60.2 Å². The Labute approximate surface area is 204 Å². The zero-order chi connectivity index (χ0) is 24.2. The lowest BCUT2D eigenvalue weighted by atomic mass is 10.1. The summed E-state index contributed by atoms with van der Waals surface area (Å²) in [6.45, 7) is 2.17. The number of fused-ring (bicyclic) bond motifs is 2. The van der Waals surface area contributed by atoms with Gasteiger partial charge in [0.15, 0.2) is 0 Å². The molecule has 0 radical (unpaired) electrons. The minimum atomic E-state index is -3.89. The van der Waals surface area contributed by atoms with Crippen molar-refractivity contribution in [1.29, 1.82) is 0 Å². The molecular formula is C27H25N3O4S. The van der Waals surface area contributed by atoms with E-state index in [4.69, 9.17) is 0 Å². The Kier molecular flexibility index (Phi) is 5.14. The van der Waals surface area contributed by atoms with E-state index in [9.17, 15) is 18.0 Å². The summed E-state index contributed by atoms with van der Waals surface area (Å²) in [5.74, 6) is -0.870. The molecule has 3 aliphatic rings. The molecule has 0 atom stereocenters. The maximum atomic E-state index is 12.8. The molecule has 2 amide bonds. The Balaban J connectivity index is 1.10. The number of sulfonamides is 1. The van der Waals surface area contributed by atoms with E-state index in [0.29, 0.717) is 19.4 Å². The predicted molar refractivity (Wildman–Crippen MR) is 132 cm³/mol. The minimum absolute atomic E-state index is 0.0742. The summed E-state index contributed by atoms with van der Waals surface area (Å²) >= 11 is 0. The number of hydrogen-bond acceptors (Lipinski definition) is 5. The van der Waals surface area contributed by atoms with Gasteiger partial charge in [-0.3, -0.25) is 9.59 Å². The molecule has 2 heterocycles. The Hall–Kier alpha value is -3.65. The summed E-state index contributed by atoms with van der Waals surface area (Å²) in [6.07, 6.45) is 2.45. The van der Waals surface area contributed by atoms with E-state index in [1.54, 1.807) is 0 Å². The van der Waals surface area contributed by atoms with Gasteiger partial charge in [0.2, 0.25) is 0 Å². The molecule has 6 rings (SSSR count). The van der Waals surface area contributed by atoms with Gasteiger partial charge in [-0.1, -0.05) is 42.5 Å². The second kappa shape index (κ2) is 8.23. The first-order chi connectivity index (χ1) is 16.9. The summed E-state index contributed by atoms with van der Waals surface area (Å²) in [4.78, 5) is 27.6. The van der Waals surface area contributed by atoms with Crippen molar-refractivity contribution in [3.8, 4) is 0 Å². The highest BCUT2D eigenvalue weighted by Crippen LogP contribution is 2.39. The van der Waals surface area contributed by atoms with Crippen LogP contribution in [0.2, 0.25) is 0 Å². The van der Waals surface area contributed by atoms with Crippen molar-refractivity contribution < 1.29 is 18.0 Å². The Morgan fingerprint density at radius 1 is 0.971 bits per heavy atom. The van der Waals surface area contributed by atoms with E-state index in [1.165, 1.54) is 35.0 Å². The van der Waals surface area contributed by atoms with Crippen molar-refractivity contribution >= 4 is 27.5 Å². The molecule has 2 aliphatic heterocycles. The quantitative estimate of drug-likeness (QED) is 0.575. The number of anilines is 1. The third-order valence-corrected chi connectivity index (χ3v) is 8.80. The first-order valence-corrected chi connectivity index (χ1v) is 13.3. The number of nitrogens with one attached hydrogen (secondary N) is 1. The fourth-order valence-electron chi connectivity index (χ4n) is 4.90. The number of amides is 2. The third kappa shape index (κ3) is 3.87. The van der Waals surface area contributed by atoms with Gasteiger partial charge in [-0.15, -0.1) is 0 Å². The molecule has 1 fully saturated rings. The summed E-state index contributed by atoms with van der Waals surface area (Å²) < 4.78 is 26.6. The van der Waals surface area contributed by atoms with Crippen LogP contribution in [0.25, 0.3) is 0 Å². The van der Waals surface area contributed by atoms with Crippen LogP contribution in [-0.4, -0.2) is 37.1 Å². The van der Waals surface area contributed by atoms with E-state index >= 15 is 0 Å². The fourth-order valence-corrected chi connectivity index (χ4v) is 6.74. The summed E-state index contributed by atoms with van der Waals surface area (Å²) in [6, 6.07) is 20.6. The molecule has 1 N–H and O–H groups in total. The molecule has 0 saturated heterocycles. The van der Waals surface area contributed by atoms with E-state index in [1.807, 2.05) is 12.1 Å². The summed E-state index contributed by atoms with van der Waals surface area (Å²) in [5, 5.41) is 2.85. The van der Waals surface area contributed by atoms with Crippen LogP contribution >= 0.6 is 0 Å². The second-order valence-electron chi connectivity index (χ2n) is 9.35. The Bertz CT molecular complexity index is 1450. The lowest BCUT2D eigenvalue weighted by Gasteiger charge is -2.19. The zero-order valence-corrected chi connectivity index (χ0v) is 19.9. The van der Waals surface area contributed by atoms with Gasteiger partial charge in [-0.25, -0.2) is 12.7 Å². The first-order valence-electron chi connectivity index (χ1n) is 11.8. The fraction of sp³-hybridized carbons (Fsp3) is 0.259. The van der Waals surface area contributed by atoms with Crippen molar-refractivity contribution in [3.63, 3.8) is 0 Å². The maximum Gasteiger partial charge on any atom is 0.269 e. The van der Waals surface area contributed by atoms with Crippen molar-refractivity contribution in [2.24, 2.45) is 0 Å². The third-order valence-electron chi connectivity index (χ3n) is 6.92. The van der Waals surface area contributed by atoms with Gasteiger partial charge in [0.1, 0.15) is 4.90 Å². The number of hydrogen-bond donors (Lipinski definition) is 1. The number of carbonyl (C=O) groups excluding carboxylic acids is 2. The predicted octanol–water partition coefficient (Wildman–Crippen LogP) is 3.49. The van der Waals surface area contributed by atoms with E-state index in [0.717, 1.165) is 29.4 Å². The van der Waals surface area contributed by atoms with Crippen molar-refractivity contribution in [2.45, 2.75) is 43.3 Å². The average Bonchev–Trinajstić information content (AvgIpc) is 3.58. The van der Waals surface area contributed by atoms with E-state index < -0.39 is 15.9 Å². The highest BCUT2D eigenvalue weighted by Gasteiger charge is 2.48. The largest absolute Gasteiger partial charge is 0.367 e. The smallest absolute Gasteiger partial charge is 0.269 e. The lowest BCUT2D eigenvalue weighted by molar-refractivity contribution is 0.0863. The van der Waals surface area contributed by atoms with Crippen LogP contribution in [0.5, 0.6) is 0 Å². The van der Waals surface area contributed by atoms with Gasteiger partial charge in [0, 0.05) is 36.9 Å². The van der Waals surface area contributed by atoms with Crippen LogP contribution in [0, 0.1) is 0 Å². The van der Waals surface area contributed by atoms with Gasteiger partial charge >= 0.3 is 0 Å². The molecule has 3 aromatic rings. The summed E-state index contributed by atoms with van der Waals surface area (Å²) in [7, 11) is -3.89. The highest BCUT2D eigenvalue weighted by atomic mass is 32.2. The lowest BCUT2D eigenvalue weighted by Crippen LogP contribution is -2.32. The molecule has 0 unspecified atom stereocenters. The second-order valence-corrected chi connectivity index (χ2v) is 11.1. The number of para-hydroxylation sites is 1. The van der Waals surface area contributed by atoms with Crippen molar-refractivity contribution in [1.82, 2.24) is 9.62 Å². The van der Waals surface area contributed by atoms with Crippen LogP contribution in [0.1, 0.15) is 50.2 Å². The Morgan fingerprint density at radius 3 is 2.49 bits per heavy atom. The number of nitrogens with zero attached hydrogens (tertiary/aromatic N) is 2. The number of rotatable bonds is 6. The van der Waals surface area contributed by atoms with E-state index in [2.05, 4.69) is 46.6 Å². The molecular weight excluding hydrogens is 462 g/mol. The van der Waals surface area contributed by atoms with Gasteiger partial charge in [-0.2, -0.15) is 0 Å². The molecule has 178 valence electrons. The van der Waals surface area contributed by atoms with Crippen LogP contribution < -0.4 is 10.2 Å². The molecule has 8 heteroatoms. The van der Waals surface area contributed by atoms with Gasteiger partial charge in [0.25, 0.3) is 21.8 Å². The first kappa shape index (κ1) is 21.9. The van der Waals surface area contributed by atoms with E-state index in [-0.39, 0.29) is 28.0 Å². The molecule has 7 nitrogen and oxygen atoms in total. The maximum absolute atomic E-state index is 12.8. The van der Waals surface area contributed by atoms with Crippen LogP contribution in [0.15, 0.2) is 71.6 Å². The highest BCUT2D eigenvalue weighted by molar-refractivity contribution is 7.90. The molecule has 1 aliphatic carbocycles. The topological polar surface area (TPSA) is 86.8 Å². The van der Waals surface area contributed by atoms with Crippen LogP contribution in [-0.2, 0) is 29.5 Å². The molecule has 0 aromatic heterocycles. The standard InChI is InChI=1S/C27H25N3O4S/c31-26(21-9-12-23-25(15-21)35(33,34)30(27(23)32)22-10-11-22)28-16-18-5-7-19(8-6-18)17-29-14-13-20-3-1-2-4-24(20)29/h1-9,12,15,22H,10-11,13-14,16-17H2,(H,28,31). The van der Waals surface area contributed by atoms with Gasteiger partial charge in [0.05, 0.1) is 5.56 Å². The Morgan fingerprint density at radius 2 is 1.71 bits per heavy atom. The molecule has 0 bridgehead atoms. The van der Waals surface area contributed by atoms with Gasteiger partial charge < -0.3 is 10.2 Å². The van der Waals surface area contributed by atoms with Crippen molar-refractivity contribution in [2.75, 3.05) is 11.4 Å². The van der Waals surface area contributed by atoms with Crippen molar-refractivity contribution in [3.05, 3.63) is 94.5 Å². The molecule has 1 saturated carbocycles. The number of benzene rings is 3.